The molecule has 1 aliphatic rings. The van der Waals surface area contributed by atoms with Crippen LogP contribution in [0.5, 0.6) is 0 Å². The predicted octanol–water partition coefficient (Wildman–Crippen LogP) is -0.0545. The van der Waals surface area contributed by atoms with Gasteiger partial charge in [-0.1, -0.05) is 6.07 Å². The van der Waals surface area contributed by atoms with Crippen LogP contribution in [0.3, 0.4) is 0 Å². The monoisotopic (exact) mass is 342 g/mol. The molecule has 8 heteroatoms. The van der Waals surface area contributed by atoms with Gasteiger partial charge >= 0.3 is 0 Å². The molecule has 3 heterocycles. The summed E-state index contributed by atoms with van der Waals surface area (Å²) in [7, 11) is 1.93. The number of aromatic nitrogens is 3. The van der Waals surface area contributed by atoms with E-state index in [1.165, 1.54) is 6.20 Å². The molecule has 3 rings (SSSR count). The van der Waals surface area contributed by atoms with Crippen LogP contribution >= 0.6 is 0 Å². The molecule has 1 N–H and O–H groups in total. The first-order valence-electron chi connectivity index (χ1n) is 8.27. The first kappa shape index (κ1) is 17.1. The second-order valence-electron chi connectivity index (χ2n) is 6.14. The second-order valence-corrected chi connectivity index (χ2v) is 6.14. The van der Waals surface area contributed by atoms with Crippen LogP contribution in [0.4, 0.5) is 5.82 Å². The van der Waals surface area contributed by atoms with Gasteiger partial charge in [0.15, 0.2) is 5.82 Å². The zero-order chi connectivity index (χ0) is 17.6. The van der Waals surface area contributed by atoms with Crippen molar-refractivity contribution < 1.29 is 4.79 Å². The maximum atomic E-state index is 12.5. The lowest BCUT2D eigenvalue weighted by Crippen LogP contribution is -2.52. The van der Waals surface area contributed by atoms with Gasteiger partial charge in [0.05, 0.1) is 6.54 Å². The third kappa shape index (κ3) is 4.42. The van der Waals surface area contributed by atoms with Crippen molar-refractivity contribution in [3.63, 3.8) is 0 Å². The van der Waals surface area contributed by atoms with Crippen LogP contribution in [0.15, 0.2) is 41.7 Å². The van der Waals surface area contributed by atoms with E-state index in [1.54, 1.807) is 12.4 Å². The Kier molecular flexibility index (Phi) is 5.39. The molecule has 2 aromatic heterocycles. The number of nitrogens with zero attached hydrogens (tertiary/aromatic N) is 5. The van der Waals surface area contributed by atoms with Gasteiger partial charge in [-0.3, -0.25) is 19.5 Å². The molecule has 0 bridgehead atoms. The van der Waals surface area contributed by atoms with E-state index >= 15 is 0 Å². The average molecular weight is 342 g/mol. The van der Waals surface area contributed by atoms with Crippen LogP contribution in [0.25, 0.3) is 0 Å². The fourth-order valence-electron chi connectivity index (χ4n) is 2.93. The van der Waals surface area contributed by atoms with Crippen molar-refractivity contribution in [2.45, 2.75) is 6.54 Å². The number of hydrogen-bond acceptors (Lipinski definition) is 6. The number of pyridine rings is 1. The molecule has 0 unspecified atom stereocenters. The van der Waals surface area contributed by atoms with E-state index in [0.717, 1.165) is 5.56 Å². The minimum Gasteiger partial charge on any atom is -0.348 e. The number of carbonyl (C=O) groups is 1. The largest absolute Gasteiger partial charge is 0.348 e. The predicted molar refractivity (Wildman–Crippen MR) is 94.2 cm³/mol. The molecule has 0 spiro atoms. The van der Waals surface area contributed by atoms with Crippen LogP contribution in [-0.2, 0) is 11.3 Å². The molecule has 0 aromatic carbocycles. The summed E-state index contributed by atoms with van der Waals surface area (Å²) < 4.78 is 0. The summed E-state index contributed by atoms with van der Waals surface area (Å²) >= 11 is 0. The van der Waals surface area contributed by atoms with E-state index < -0.39 is 0 Å². The van der Waals surface area contributed by atoms with Gasteiger partial charge in [0.25, 0.3) is 5.56 Å². The van der Waals surface area contributed by atoms with Crippen LogP contribution < -0.4 is 10.5 Å². The fraction of sp³-hybridized carbons (Fsp3) is 0.412. The molecule has 1 saturated heterocycles. The van der Waals surface area contributed by atoms with Gasteiger partial charge in [0.1, 0.15) is 0 Å². The topological polar surface area (TPSA) is 85.4 Å². The molecular formula is C17H22N6O2. The maximum absolute atomic E-state index is 12.5. The number of hydrogen-bond donors (Lipinski definition) is 1. The highest BCUT2D eigenvalue weighted by molar-refractivity contribution is 5.78. The number of nitrogens with one attached hydrogen (secondary N) is 1. The van der Waals surface area contributed by atoms with Gasteiger partial charge in [-0.15, -0.1) is 0 Å². The van der Waals surface area contributed by atoms with Crippen molar-refractivity contribution >= 4 is 11.7 Å². The molecule has 132 valence electrons. The molecule has 1 fully saturated rings. The van der Waals surface area contributed by atoms with Crippen LogP contribution in [0.1, 0.15) is 5.56 Å². The molecule has 1 aliphatic heterocycles. The molecule has 0 atom stereocenters. The van der Waals surface area contributed by atoms with Crippen molar-refractivity contribution in [2.24, 2.45) is 0 Å². The Labute approximate surface area is 146 Å². The number of carbonyl (C=O) groups excluding carboxylic acids is 1. The quantitative estimate of drug-likeness (QED) is 0.820. The lowest BCUT2D eigenvalue weighted by molar-refractivity contribution is -0.132. The average Bonchev–Trinajstić information content (AvgIpc) is 2.63. The Morgan fingerprint density at radius 1 is 1.28 bits per heavy atom. The Morgan fingerprint density at radius 3 is 2.76 bits per heavy atom. The summed E-state index contributed by atoms with van der Waals surface area (Å²) in [6.07, 6.45) is 6.64. The number of piperazine rings is 1. The molecule has 0 aliphatic carbocycles. The molecule has 2 aromatic rings. The van der Waals surface area contributed by atoms with Crippen LogP contribution in [-0.4, -0.2) is 70.4 Å². The minimum atomic E-state index is -0.196. The van der Waals surface area contributed by atoms with E-state index in [9.17, 15) is 9.59 Å². The van der Waals surface area contributed by atoms with E-state index in [1.807, 2.05) is 40.1 Å². The number of likely N-dealkylation sites (N-methyl/N-ethyl adjacent to an activating group) is 1. The molecular weight excluding hydrogens is 320 g/mol. The van der Waals surface area contributed by atoms with Gasteiger partial charge in [0.2, 0.25) is 5.91 Å². The van der Waals surface area contributed by atoms with Crippen molar-refractivity contribution in [3.8, 4) is 0 Å². The normalized spacial score (nSPS) is 14.8. The SMILES string of the molecule is CN(CC(=O)N1CCN(c2ncc[nH]c2=O)CC1)Cc1cccnc1. The molecule has 1 amide bonds. The molecule has 8 nitrogen and oxygen atoms in total. The second kappa shape index (κ2) is 7.89. The molecule has 25 heavy (non-hydrogen) atoms. The number of aromatic amines is 1. The zero-order valence-corrected chi connectivity index (χ0v) is 14.3. The highest BCUT2D eigenvalue weighted by atomic mass is 16.2. The zero-order valence-electron chi connectivity index (χ0n) is 14.3. The van der Waals surface area contributed by atoms with E-state index in [4.69, 9.17) is 0 Å². The van der Waals surface area contributed by atoms with Crippen molar-refractivity contribution in [1.82, 2.24) is 24.8 Å². The molecule has 0 radical (unpaired) electrons. The number of H-pyrrole nitrogens is 1. The Bertz CT molecular complexity index is 755. The lowest BCUT2D eigenvalue weighted by atomic mass is 10.2. The van der Waals surface area contributed by atoms with Gasteiger partial charge in [-0.05, 0) is 18.7 Å². The van der Waals surface area contributed by atoms with E-state index in [-0.39, 0.29) is 11.5 Å². The van der Waals surface area contributed by atoms with Gasteiger partial charge < -0.3 is 14.8 Å². The highest BCUT2D eigenvalue weighted by Gasteiger charge is 2.23. The Hall–Kier alpha value is -2.74. The van der Waals surface area contributed by atoms with Gasteiger partial charge in [-0.25, -0.2) is 4.98 Å². The summed E-state index contributed by atoms with van der Waals surface area (Å²) in [6, 6.07) is 3.89. The van der Waals surface area contributed by atoms with Crippen molar-refractivity contribution in [2.75, 3.05) is 44.7 Å². The first-order chi connectivity index (χ1) is 12.1. The van der Waals surface area contributed by atoms with Crippen molar-refractivity contribution in [1.29, 1.82) is 0 Å². The third-order valence-corrected chi connectivity index (χ3v) is 4.20. The number of anilines is 1. The smallest absolute Gasteiger partial charge is 0.290 e. The van der Waals surface area contributed by atoms with Crippen LogP contribution in [0.2, 0.25) is 0 Å². The first-order valence-corrected chi connectivity index (χ1v) is 8.27. The highest BCUT2D eigenvalue weighted by Crippen LogP contribution is 2.09. The maximum Gasteiger partial charge on any atom is 0.290 e. The molecule has 0 saturated carbocycles. The fourth-order valence-corrected chi connectivity index (χ4v) is 2.93. The lowest BCUT2D eigenvalue weighted by Gasteiger charge is -2.35. The van der Waals surface area contributed by atoms with Crippen LogP contribution in [0, 0.1) is 0 Å². The summed E-state index contributed by atoms with van der Waals surface area (Å²) in [4.78, 5) is 40.9. The summed E-state index contributed by atoms with van der Waals surface area (Å²) in [5.74, 6) is 0.518. The van der Waals surface area contributed by atoms with Crippen molar-refractivity contribution in [3.05, 3.63) is 52.8 Å². The minimum absolute atomic E-state index is 0.0981. The Balaban J connectivity index is 1.50. The number of amides is 1. The summed E-state index contributed by atoms with van der Waals surface area (Å²) in [5, 5.41) is 0. The van der Waals surface area contributed by atoms with Gasteiger partial charge in [0, 0.05) is 57.5 Å². The summed E-state index contributed by atoms with van der Waals surface area (Å²) in [6.45, 7) is 3.45. The standard InChI is InChI=1S/C17H22N6O2/c1-21(12-14-3-2-4-18-11-14)13-15(24)22-7-9-23(10-8-22)16-17(25)20-6-5-19-16/h2-6,11H,7-10,12-13H2,1H3,(H,20,25). The van der Waals surface area contributed by atoms with E-state index in [2.05, 4.69) is 15.0 Å². The summed E-state index contributed by atoms with van der Waals surface area (Å²) in [5.41, 5.74) is 0.885. The Morgan fingerprint density at radius 2 is 2.08 bits per heavy atom. The van der Waals surface area contributed by atoms with E-state index in [0.29, 0.717) is 45.1 Å². The van der Waals surface area contributed by atoms with Gasteiger partial charge in [-0.2, -0.15) is 0 Å². The number of rotatable bonds is 5. The third-order valence-electron chi connectivity index (χ3n) is 4.20.